The molecule has 0 amide bonds. The molecule has 3 heterocycles. The summed E-state index contributed by atoms with van der Waals surface area (Å²) in [5.74, 6) is -4.11. The highest BCUT2D eigenvalue weighted by Gasteiger charge is 2.26. The molecule has 1 aliphatic rings. The van der Waals surface area contributed by atoms with E-state index in [0.29, 0.717) is 12.1 Å². The predicted octanol–water partition coefficient (Wildman–Crippen LogP) is 5.08. The van der Waals surface area contributed by atoms with Crippen LogP contribution in [0.3, 0.4) is 0 Å². The second kappa shape index (κ2) is 11.7. The van der Waals surface area contributed by atoms with Crippen LogP contribution in [0.2, 0.25) is 0 Å². The van der Waals surface area contributed by atoms with Crippen LogP contribution in [-0.2, 0) is 13.0 Å². The fourth-order valence-corrected chi connectivity index (χ4v) is 4.85. The SMILES string of the molecule is Nc1cc(F)c(-c2c(F)ccc(OCc3ccccc3)c2F)nc1C(=O)Cc1cnccc1N1CCC[C@H](N)C1. The Hall–Kier alpha value is -4.44. The first-order chi connectivity index (χ1) is 19.3. The van der Waals surface area contributed by atoms with Gasteiger partial charge in [-0.1, -0.05) is 30.3 Å². The zero-order valence-electron chi connectivity index (χ0n) is 21.6. The average Bonchev–Trinajstić information content (AvgIpc) is 2.94. The molecule has 1 aliphatic heterocycles. The highest BCUT2D eigenvalue weighted by Crippen LogP contribution is 2.34. The summed E-state index contributed by atoms with van der Waals surface area (Å²) in [6.07, 6.45) is 4.88. The van der Waals surface area contributed by atoms with Crippen molar-refractivity contribution in [3.8, 4) is 17.0 Å². The Morgan fingerprint density at radius 2 is 1.88 bits per heavy atom. The largest absolute Gasteiger partial charge is 0.486 e. The van der Waals surface area contributed by atoms with Gasteiger partial charge in [-0.15, -0.1) is 0 Å². The summed E-state index contributed by atoms with van der Waals surface area (Å²) in [5, 5.41) is 0. The number of nitrogens with zero attached hydrogens (tertiary/aromatic N) is 3. The van der Waals surface area contributed by atoms with Crippen LogP contribution in [-0.4, -0.2) is 34.9 Å². The van der Waals surface area contributed by atoms with Gasteiger partial charge in [-0.05, 0) is 36.6 Å². The first kappa shape index (κ1) is 27.1. The van der Waals surface area contributed by atoms with Gasteiger partial charge in [-0.2, -0.15) is 0 Å². The Balaban J connectivity index is 1.45. The zero-order chi connectivity index (χ0) is 28.2. The number of rotatable bonds is 8. The summed E-state index contributed by atoms with van der Waals surface area (Å²) in [4.78, 5) is 23.7. The second-order valence-electron chi connectivity index (χ2n) is 9.72. The van der Waals surface area contributed by atoms with E-state index in [2.05, 4.69) is 14.9 Å². The van der Waals surface area contributed by atoms with Crippen LogP contribution in [0.1, 0.15) is 34.5 Å². The van der Waals surface area contributed by atoms with E-state index in [1.807, 2.05) is 6.07 Å². The summed E-state index contributed by atoms with van der Waals surface area (Å²) in [6.45, 7) is 1.42. The summed E-state index contributed by atoms with van der Waals surface area (Å²) in [6, 6.07) is 13.7. The Labute approximate surface area is 229 Å². The van der Waals surface area contributed by atoms with Crippen molar-refractivity contribution >= 4 is 17.2 Å². The molecule has 0 bridgehead atoms. The third-order valence-corrected chi connectivity index (χ3v) is 6.83. The third kappa shape index (κ3) is 5.76. The molecule has 1 fully saturated rings. The number of Topliss-reactive ketones (excluding diaryl/α,β-unsaturated/α-hetero) is 1. The van der Waals surface area contributed by atoms with E-state index in [1.165, 1.54) is 0 Å². The van der Waals surface area contributed by atoms with Crippen molar-refractivity contribution in [3.63, 3.8) is 0 Å². The quantitative estimate of drug-likeness (QED) is 0.297. The Bertz CT molecular complexity index is 1530. The number of carbonyl (C=O) groups excluding carboxylic acids is 1. The number of anilines is 2. The van der Waals surface area contributed by atoms with Gasteiger partial charge in [0.15, 0.2) is 23.2 Å². The maximum Gasteiger partial charge on any atom is 0.187 e. The van der Waals surface area contributed by atoms with Crippen LogP contribution in [0.25, 0.3) is 11.3 Å². The molecule has 0 aliphatic carbocycles. The van der Waals surface area contributed by atoms with Gasteiger partial charge in [-0.3, -0.25) is 9.78 Å². The number of aromatic nitrogens is 2. The number of ether oxygens (including phenoxy) is 1. The number of piperidine rings is 1. The number of nitrogens with two attached hydrogens (primary N) is 2. The molecule has 0 unspecified atom stereocenters. The molecular formula is C30H28F3N5O2. The Kier molecular flexibility index (Phi) is 7.97. The van der Waals surface area contributed by atoms with Gasteiger partial charge in [0.1, 0.15) is 23.8 Å². The van der Waals surface area contributed by atoms with Crippen molar-refractivity contribution < 1.29 is 22.7 Å². The molecule has 1 saturated heterocycles. The summed E-state index contributed by atoms with van der Waals surface area (Å²) in [7, 11) is 0. The highest BCUT2D eigenvalue weighted by atomic mass is 19.1. The summed E-state index contributed by atoms with van der Waals surface area (Å²) in [5.41, 5.74) is 12.3. The van der Waals surface area contributed by atoms with Crippen molar-refractivity contribution in [1.29, 1.82) is 0 Å². The highest BCUT2D eigenvalue weighted by molar-refractivity contribution is 6.01. The normalized spacial score (nSPS) is 15.2. The van der Waals surface area contributed by atoms with Crippen molar-refractivity contribution in [3.05, 3.63) is 101 Å². The van der Waals surface area contributed by atoms with Crippen molar-refractivity contribution in [2.75, 3.05) is 23.7 Å². The summed E-state index contributed by atoms with van der Waals surface area (Å²) < 4.78 is 50.9. The van der Waals surface area contributed by atoms with Crippen LogP contribution in [0.15, 0.2) is 67.0 Å². The number of halogens is 3. The minimum atomic E-state index is -1.14. The zero-order valence-corrected chi connectivity index (χ0v) is 21.6. The average molecular weight is 548 g/mol. The number of pyridine rings is 2. The van der Waals surface area contributed by atoms with Crippen LogP contribution < -0.4 is 21.1 Å². The Morgan fingerprint density at radius 3 is 2.65 bits per heavy atom. The van der Waals surface area contributed by atoms with E-state index < -0.39 is 34.5 Å². The van der Waals surface area contributed by atoms with Gasteiger partial charge in [0.05, 0.1) is 11.3 Å². The number of nitrogen functional groups attached to an aromatic ring is 1. The van der Waals surface area contributed by atoms with Gasteiger partial charge in [0, 0.05) is 55.3 Å². The van der Waals surface area contributed by atoms with Crippen LogP contribution in [0.5, 0.6) is 5.75 Å². The van der Waals surface area contributed by atoms with Crippen molar-refractivity contribution in [1.82, 2.24) is 9.97 Å². The van der Waals surface area contributed by atoms with E-state index in [9.17, 15) is 9.18 Å². The minimum absolute atomic E-state index is 0.0135. The number of ketones is 1. The Morgan fingerprint density at radius 1 is 1.07 bits per heavy atom. The van der Waals surface area contributed by atoms with E-state index >= 15 is 8.78 Å². The molecule has 0 saturated carbocycles. The molecule has 40 heavy (non-hydrogen) atoms. The van der Waals surface area contributed by atoms with E-state index in [0.717, 1.165) is 48.8 Å². The fraction of sp³-hybridized carbons (Fsp3) is 0.233. The molecule has 206 valence electrons. The number of benzene rings is 2. The molecule has 1 atom stereocenters. The molecule has 4 N–H and O–H groups in total. The minimum Gasteiger partial charge on any atom is -0.486 e. The molecule has 0 radical (unpaired) electrons. The lowest BCUT2D eigenvalue weighted by Gasteiger charge is -2.33. The van der Waals surface area contributed by atoms with Crippen LogP contribution in [0, 0.1) is 17.5 Å². The van der Waals surface area contributed by atoms with Crippen LogP contribution >= 0.6 is 0 Å². The molecule has 0 spiro atoms. The van der Waals surface area contributed by atoms with Gasteiger partial charge < -0.3 is 21.1 Å². The van der Waals surface area contributed by atoms with Gasteiger partial charge in [0.2, 0.25) is 0 Å². The topological polar surface area (TPSA) is 107 Å². The first-order valence-corrected chi connectivity index (χ1v) is 12.9. The number of hydrogen-bond donors (Lipinski definition) is 2. The lowest BCUT2D eigenvalue weighted by Crippen LogP contribution is -2.43. The maximum atomic E-state index is 15.5. The van der Waals surface area contributed by atoms with Crippen molar-refractivity contribution in [2.45, 2.75) is 31.9 Å². The molecule has 5 rings (SSSR count). The maximum absolute atomic E-state index is 15.5. The molecule has 10 heteroatoms. The standard InChI is InChI=1S/C30H28F3N5O2/c31-21-8-9-26(40-17-18-5-2-1-3-6-18)28(33)27(21)29-22(32)14-23(35)30(37-29)25(39)13-19-15-36-11-10-24(19)38-12-4-7-20(34)16-38/h1-3,5-6,8-11,14-15,20H,4,7,12-13,16-17,34-35H2/t20-/m0/s1. The predicted molar refractivity (Wildman–Crippen MR) is 146 cm³/mol. The third-order valence-electron chi connectivity index (χ3n) is 6.83. The number of hydrogen-bond acceptors (Lipinski definition) is 7. The molecule has 4 aromatic rings. The van der Waals surface area contributed by atoms with Crippen LogP contribution in [0.4, 0.5) is 24.5 Å². The monoisotopic (exact) mass is 547 g/mol. The van der Waals surface area contributed by atoms with Gasteiger partial charge in [-0.25, -0.2) is 18.2 Å². The van der Waals surface area contributed by atoms with E-state index in [-0.39, 0.29) is 36.2 Å². The molecule has 7 nitrogen and oxygen atoms in total. The number of carbonyl (C=O) groups is 1. The molecule has 2 aromatic heterocycles. The van der Waals surface area contributed by atoms with E-state index in [4.69, 9.17) is 16.2 Å². The van der Waals surface area contributed by atoms with E-state index in [1.54, 1.807) is 42.7 Å². The lowest BCUT2D eigenvalue weighted by molar-refractivity contribution is 0.0989. The van der Waals surface area contributed by atoms with Crippen molar-refractivity contribution in [2.24, 2.45) is 5.73 Å². The molecular weight excluding hydrogens is 519 g/mol. The fourth-order valence-electron chi connectivity index (χ4n) is 4.85. The smallest absolute Gasteiger partial charge is 0.187 e. The van der Waals surface area contributed by atoms with Gasteiger partial charge >= 0.3 is 0 Å². The summed E-state index contributed by atoms with van der Waals surface area (Å²) >= 11 is 0. The second-order valence-corrected chi connectivity index (χ2v) is 9.72. The molecule has 2 aromatic carbocycles. The van der Waals surface area contributed by atoms with Gasteiger partial charge in [0.25, 0.3) is 0 Å². The first-order valence-electron chi connectivity index (χ1n) is 12.9. The lowest BCUT2D eigenvalue weighted by atomic mass is 10.0.